The molecular formula is C10H9ClN4OS. The molecule has 0 radical (unpaired) electrons. The van der Waals surface area contributed by atoms with Crippen LogP contribution in [-0.2, 0) is 0 Å². The van der Waals surface area contributed by atoms with Crippen molar-refractivity contribution in [3.63, 3.8) is 0 Å². The van der Waals surface area contributed by atoms with E-state index in [0.29, 0.717) is 21.4 Å². The number of rotatable bonds is 2. The van der Waals surface area contributed by atoms with Crippen molar-refractivity contribution in [2.75, 3.05) is 5.32 Å². The van der Waals surface area contributed by atoms with Crippen LogP contribution in [-0.4, -0.2) is 20.5 Å². The number of carbonyl (C=O) groups is 1. The van der Waals surface area contributed by atoms with Crippen molar-refractivity contribution in [3.05, 3.63) is 33.6 Å². The molecule has 1 amide bonds. The quantitative estimate of drug-likeness (QED) is 0.850. The Kier molecular flexibility index (Phi) is 3.35. The van der Waals surface area contributed by atoms with Crippen molar-refractivity contribution < 1.29 is 4.79 Å². The normalized spacial score (nSPS) is 10.3. The third-order valence-electron chi connectivity index (χ3n) is 2.13. The maximum Gasteiger partial charge on any atom is 0.269 e. The molecule has 1 N–H and O–H groups in total. The first kappa shape index (κ1) is 11.9. The summed E-state index contributed by atoms with van der Waals surface area (Å²) in [5.41, 5.74) is 2.03. The zero-order valence-corrected chi connectivity index (χ0v) is 10.8. The molecule has 17 heavy (non-hydrogen) atoms. The lowest BCUT2D eigenvalue weighted by molar-refractivity contribution is 0.103. The zero-order valence-electron chi connectivity index (χ0n) is 9.19. The second-order valence-corrected chi connectivity index (χ2v) is 4.59. The highest BCUT2D eigenvalue weighted by Crippen LogP contribution is 2.18. The molecule has 0 atom stereocenters. The SMILES string of the molecule is Cc1cc(NC(=O)c2snnc2C)cnc1Cl. The number of nitrogens with one attached hydrogen (secondary N) is 1. The van der Waals surface area contributed by atoms with E-state index in [-0.39, 0.29) is 5.91 Å². The molecule has 0 aliphatic heterocycles. The average Bonchev–Trinajstić information content (AvgIpc) is 2.70. The average molecular weight is 269 g/mol. The number of aryl methyl sites for hydroxylation is 2. The first-order valence-corrected chi connectivity index (χ1v) is 5.95. The van der Waals surface area contributed by atoms with Crippen molar-refractivity contribution in [2.45, 2.75) is 13.8 Å². The molecular weight excluding hydrogens is 260 g/mol. The topological polar surface area (TPSA) is 67.8 Å². The number of hydrogen-bond donors (Lipinski definition) is 1. The van der Waals surface area contributed by atoms with E-state index >= 15 is 0 Å². The van der Waals surface area contributed by atoms with Gasteiger partial charge in [0.25, 0.3) is 5.91 Å². The molecule has 7 heteroatoms. The molecule has 2 heterocycles. The monoisotopic (exact) mass is 268 g/mol. The summed E-state index contributed by atoms with van der Waals surface area (Å²) in [7, 11) is 0. The molecule has 2 aromatic rings. The molecule has 0 aliphatic carbocycles. The summed E-state index contributed by atoms with van der Waals surface area (Å²) < 4.78 is 3.71. The number of anilines is 1. The molecule has 0 fully saturated rings. The Morgan fingerprint density at radius 1 is 1.47 bits per heavy atom. The van der Waals surface area contributed by atoms with E-state index in [1.807, 2.05) is 6.92 Å². The summed E-state index contributed by atoms with van der Waals surface area (Å²) in [6, 6.07) is 1.76. The van der Waals surface area contributed by atoms with Crippen molar-refractivity contribution in [2.24, 2.45) is 0 Å². The molecule has 5 nitrogen and oxygen atoms in total. The highest BCUT2D eigenvalue weighted by atomic mass is 35.5. The fraction of sp³-hybridized carbons (Fsp3) is 0.200. The molecule has 0 bridgehead atoms. The second kappa shape index (κ2) is 4.77. The van der Waals surface area contributed by atoms with Gasteiger partial charge in [-0.1, -0.05) is 16.1 Å². The van der Waals surface area contributed by atoms with E-state index in [4.69, 9.17) is 11.6 Å². The minimum absolute atomic E-state index is 0.235. The van der Waals surface area contributed by atoms with Gasteiger partial charge in [0.05, 0.1) is 17.6 Å². The molecule has 2 rings (SSSR count). The maximum absolute atomic E-state index is 11.9. The summed E-state index contributed by atoms with van der Waals surface area (Å²) in [5, 5.41) is 6.93. The van der Waals surface area contributed by atoms with Crippen molar-refractivity contribution >= 4 is 34.7 Å². The van der Waals surface area contributed by atoms with Crippen LogP contribution in [0.3, 0.4) is 0 Å². The summed E-state index contributed by atoms with van der Waals surface area (Å²) in [6.07, 6.45) is 1.51. The summed E-state index contributed by atoms with van der Waals surface area (Å²) in [5.74, 6) is -0.235. The van der Waals surface area contributed by atoms with Gasteiger partial charge in [-0.25, -0.2) is 4.98 Å². The number of aromatic nitrogens is 3. The van der Waals surface area contributed by atoms with Crippen molar-refractivity contribution in [1.82, 2.24) is 14.6 Å². The standard InChI is InChI=1S/C10H9ClN4OS/c1-5-3-7(4-12-9(5)11)13-10(16)8-6(2)14-15-17-8/h3-4H,1-2H3,(H,13,16). The third kappa shape index (κ3) is 2.59. The van der Waals surface area contributed by atoms with E-state index in [0.717, 1.165) is 17.1 Å². The summed E-state index contributed by atoms with van der Waals surface area (Å²) in [4.78, 5) is 16.3. The lowest BCUT2D eigenvalue weighted by Crippen LogP contribution is -2.11. The molecule has 0 unspecified atom stereocenters. The predicted octanol–water partition coefficient (Wildman–Crippen LogP) is 2.46. The van der Waals surface area contributed by atoms with Crippen molar-refractivity contribution in [1.29, 1.82) is 0 Å². The van der Waals surface area contributed by atoms with Gasteiger partial charge in [-0.15, -0.1) is 5.10 Å². The van der Waals surface area contributed by atoms with E-state index in [1.165, 1.54) is 6.20 Å². The molecule has 0 spiro atoms. The van der Waals surface area contributed by atoms with E-state index in [9.17, 15) is 4.79 Å². The first-order chi connectivity index (χ1) is 8.08. The summed E-state index contributed by atoms with van der Waals surface area (Å²) in [6.45, 7) is 3.56. The van der Waals surface area contributed by atoms with Gasteiger partial charge in [-0.05, 0) is 37.0 Å². The fourth-order valence-corrected chi connectivity index (χ4v) is 1.91. The number of carbonyl (C=O) groups excluding carboxylic acids is 1. The van der Waals surface area contributed by atoms with Crippen molar-refractivity contribution in [3.8, 4) is 0 Å². The number of amides is 1. The van der Waals surface area contributed by atoms with Gasteiger partial charge < -0.3 is 5.32 Å². The lowest BCUT2D eigenvalue weighted by Gasteiger charge is -2.04. The van der Waals surface area contributed by atoms with Crippen LogP contribution >= 0.6 is 23.1 Å². The molecule has 0 aliphatic rings. The van der Waals surface area contributed by atoms with Crippen LogP contribution in [0.2, 0.25) is 5.15 Å². The minimum atomic E-state index is -0.235. The Bertz CT molecular complexity index is 569. The van der Waals surface area contributed by atoms with Crippen LogP contribution in [0.5, 0.6) is 0 Å². The lowest BCUT2D eigenvalue weighted by atomic mass is 10.3. The fourth-order valence-electron chi connectivity index (χ4n) is 1.25. The first-order valence-electron chi connectivity index (χ1n) is 4.80. The van der Waals surface area contributed by atoms with Crippen LogP contribution in [0, 0.1) is 13.8 Å². The van der Waals surface area contributed by atoms with Crippen LogP contribution in [0.15, 0.2) is 12.3 Å². The summed E-state index contributed by atoms with van der Waals surface area (Å²) >= 11 is 6.86. The van der Waals surface area contributed by atoms with Gasteiger partial charge in [-0.2, -0.15) is 0 Å². The largest absolute Gasteiger partial charge is 0.320 e. The van der Waals surface area contributed by atoms with Crippen LogP contribution in [0.25, 0.3) is 0 Å². The maximum atomic E-state index is 11.9. The Morgan fingerprint density at radius 3 is 2.82 bits per heavy atom. The van der Waals surface area contributed by atoms with E-state index < -0.39 is 0 Å². The Labute approximate surface area is 107 Å². The molecule has 0 saturated carbocycles. The van der Waals surface area contributed by atoms with Gasteiger partial charge >= 0.3 is 0 Å². The van der Waals surface area contributed by atoms with Gasteiger partial charge in [-0.3, -0.25) is 4.79 Å². The van der Waals surface area contributed by atoms with Crippen LogP contribution < -0.4 is 5.32 Å². The van der Waals surface area contributed by atoms with Gasteiger partial charge in [0.2, 0.25) is 0 Å². The third-order valence-corrected chi connectivity index (χ3v) is 3.35. The Morgan fingerprint density at radius 2 is 2.24 bits per heavy atom. The molecule has 0 aromatic carbocycles. The molecule has 0 saturated heterocycles. The number of hydrogen-bond acceptors (Lipinski definition) is 5. The number of nitrogens with zero attached hydrogens (tertiary/aromatic N) is 3. The number of halogens is 1. The highest BCUT2D eigenvalue weighted by molar-refractivity contribution is 7.08. The van der Waals surface area contributed by atoms with E-state index in [1.54, 1.807) is 13.0 Å². The van der Waals surface area contributed by atoms with Gasteiger partial charge in [0.1, 0.15) is 10.0 Å². The van der Waals surface area contributed by atoms with E-state index in [2.05, 4.69) is 19.9 Å². The smallest absolute Gasteiger partial charge is 0.269 e. The predicted molar refractivity (Wildman–Crippen MR) is 66.6 cm³/mol. The minimum Gasteiger partial charge on any atom is -0.320 e. The molecule has 88 valence electrons. The Balaban J connectivity index is 2.19. The Hall–Kier alpha value is -1.53. The zero-order chi connectivity index (χ0) is 12.4. The van der Waals surface area contributed by atoms with Gasteiger partial charge in [0.15, 0.2) is 0 Å². The van der Waals surface area contributed by atoms with Crippen LogP contribution in [0.4, 0.5) is 5.69 Å². The molecule has 2 aromatic heterocycles. The highest BCUT2D eigenvalue weighted by Gasteiger charge is 2.13. The number of pyridine rings is 1. The van der Waals surface area contributed by atoms with Gasteiger partial charge in [0, 0.05) is 0 Å². The van der Waals surface area contributed by atoms with Crippen LogP contribution in [0.1, 0.15) is 20.9 Å². The second-order valence-electron chi connectivity index (χ2n) is 3.47.